The quantitative estimate of drug-likeness (QED) is 0.162. The number of benzene rings is 4. The molecule has 0 saturated heterocycles. The summed E-state index contributed by atoms with van der Waals surface area (Å²) >= 11 is 1.42. The minimum atomic E-state index is -4.57. The van der Waals surface area contributed by atoms with Crippen molar-refractivity contribution in [2.45, 2.75) is 24.2 Å². The number of nitrogens with one attached hydrogen (secondary N) is 1. The third-order valence-corrected chi connectivity index (χ3v) is 9.43. The van der Waals surface area contributed by atoms with Gasteiger partial charge >= 0.3 is 0 Å². The van der Waals surface area contributed by atoms with Crippen LogP contribution in [0.25, 0.3) is 32.7 Å². The Morgan fingerprint density at radius 3 is 2.28 bits per heavy atom. The first kappa shape index (κ1) is 32.0. The predicted molar refractivity (Wildman–Crippen MR) is 177 cm³/mol. The fourth-order valence-corrected chi connectivity index (χ4v) is 7.06. The summed E-state index contributed by atoms with van der Waals surface area (Å²) in [7, 11) is -1.39. The minimum Gasteiger partial charge on any atom is -0.497 e. The number of rotatable bonds is 12. The van der Waals surface area contributed by atoms with Crippen LogP contribution >= 0.6 is 11.3 Å². The van der Waals surface area contributed by atoms with E-state index in [2.05, 4.69) is 20.7 Å². The van der Waals surface area contributed by atoms with Crippen LogP contribution in [0.3, 0.4) is 0 Å². The number of ether oxygens (including phenoxy) is 2. The van der Waals surface area contributed by atoms with Gasteiger partial charge in [0.15, 0.2) is 5.13 Å². The number of para-hydroxylation sites is 1. The number of aliphatic hydroxyl groups is 1. The summed E-state index contributed by atoms with van der Waals surface area (Å²) in [5, 5.41) is 32.2. The van der Waals surface area contributed by atoms with E-state index in [0.29, 0.717) is 34.1 Å². The Hall–Kier alpha value is -4.96. The molecule has 2 heterocycles. The molecule has 4 aromatic carbocycles. The fraction of sp³-hybridized carbons (Fsp3) is 0.188. The number of fused-ring (bicyclic) bond motifs is 1. The van der Waals surface area contributed by atoms with E-state index in [1.807, 2.05) is 48.5 Å². The van der Waals surface area contributed by atoms with Gasteiger partial charge in [0, 0.05) is 17.7 Å². The number of alkyl halides is 1. The highest BCUT2D eigenvalue weighted by atomic mass is 32.2. The summed E-state index contributed by atoms with van der Waals surface area (Å²) in [6.07, 6.45) is -2.03. The van der Waals surface area contributed by atoms with E-state index in [1.165, 1.54) is 22.2 Å². The third kappa shape index (κ3) is 6.78. The van der Waals surface area contributed by atoms with Gasteiger partial charge in [-0.05, 0) is 52.2 Å². The van der Waals surface area contributed by atoms with E-state index < -0.39 is 27.7 Å². The maximum Gasteiger partial charge on any atom is 0.239 e. The molecule has 0 amide bonds. The van der Waals surface area contributed by atoms with Crippen LogP contribution in [-0.2, 0) is 23.1 Å². The Morgan fingerprint density at radius 2 is 1.64 bits per heavy atom. The van der Waals surface area contributed by atoms with Crippen LogP contribution in [0.2, 0.25) is 0 Å². The molecule has 15 heteroatoms. The van der Waals surface area contributed by atoms with Crippen molar-refractivity contribution in [3.05, 3.63) is 95.6 Å². The molecule has 242 valence electrons. The molecule has 0 radical (unpaired) electrons. The van der Waals surface area contributed by atoms with Crippen LogP contribution in [0.5, 0.6) is 11.5 Å². The van der Waals surface area contributed by atoms with Crippen molar-refractivity contribution < 1.29 is 27.4 Å². The second-order valence-corrected chi connectivity index (χ2v) is 13.0. The molecule has 12 nitrogen and oxygen atoms in total. The first-order valence-corrected chi connectivity index (χ1v) is 16.7. The highest BCUT2D eigenvalue weighted by Gasteiger charge is 2.30. The summed E-state index contributed by atoms with van der Waals surface area (Å²) in [5.74, 6) is 1.35. The molecule has 6 rings (SSSR count). The number of aromatic nitrogens is 5. The Bertz CT molecular complexity index is 2140. The van der Waals surface area contributed by atoms with Crippen LogP contribution in [0.4, 0.5) is 9.52 Å². The number of hydrogen-bond donors (Lipinski definition) is 3. The first-order chi connectivity index (χ1) is 22.7. The lowest BCUT2D eigenvalue weighted by atomic mass is 9.95. The molecule has 47 heavy (non-hydrogen) atoms. The molecule has 0 bridgehead atoms. The molecule has 4 N–H and O–H groups in total. The average molecular weight is 676 g/mol. The van der Waals surface area contributed by atoms with Gasteiger partial charge in [-0.15, -0.1) is 10.2 Å². The van der Waals surface area contributed by atoms with Crippen molar-refractivity contribution in [1.29, 1.82) is 0 Å². The molecule has 2 aromatic heterocycles. The van der Waals surface area contributed by atoms with Crippen molar-refractivity contribution in [2.24, 2.45) is 5.14 Å². The lowest BCUT2D eigenvalue weighted by molar-refractivity contribution is 0.178. The average Bonchev–Trinajstić information content (AvgIpc) is 3.73. The van der Waals surface area contributed by atoms with Crippen LogP contribution in [-0.4, -0.2) is 59.5 Å². The Balaban J connectivity index is 1.45. The number of methoxy groups -OCH3 is 2. The van der Waals surface area contributed by atoms with E-state index >= 15 is 4.39 Å². The van der Waals surface area contributed by atoms with E-state index in [9.17, 15) is 13.5 Å². The predicted octanol–water partition coefficient (Wildman–Crippen LogP) is 4.94. The van der Waals surface area contributed by atoms with E-state index in [1.54, 1.807) is 38.5 Å². The molecule has 0 aliphatic rings. The first-order valence-electron chi connectivity index (χ1n) is 14.3. The van der Waals surface area contributed by atoms with Gasteiger partial charge in [0.25, 0.3) is 0 Å². The van der Waals surface area contributed by atoms with E-state index in [4.69, 9.17) is 19.6 Å². The van der Waals surface area contributed by atoms with E-state index in [-0.39, 0.29) is 23.5 Å². The van der Waals surface area contributed by atoms with Gasteiger partial charge in [-0.3, -0.25) is 0 Å². The smallest absolute Gasteiger partial charge is 0.239 e. The number of tetrazole rings is 1. The standard InChI is InChI=1S/C32H30FN7O5S2/c1-44-21-10-6-19(7-11-21)16-35-32-36-29-24(4-3-5-27(29)46-32)23-14-15-25(26(33)18-41)30(47(34,42)43)28(23)31-37-39-40(38-31)17-20-8-12-22(45-2)13-9-20/h3-15,26,41H,16-18H2,1-2H3,(H,35,36)(H2,34,42,43). The van der Waals surface area contributed by atoms with Crippen molar-refractivity contribution in [3.63, 3.8) is 0 Å². The number of sulfonamides is 1. The lowest BCUT2D eigenvalue weighted by Crippen LogP contribution is -2.18. The van der Waals surface area contributed by atoms with Crippen molar-refractivity contribution >= 4 is 36.7 Å². The molecule has 1 unspecified atom stereocenters. The van der Waals surface area contributed by atoms with Gasteiger partial charge in [0.1, 0.15) is 17.7 Å². The number of hydrogen-bond acceptors (Lipinski definition) is 11. The summed E-state index contributed by atoms with van der Waals surface area (Å²) in [4.78, 5) is 5.59. The number of anilines is 1. The zero-order valence-electron chi connectivity index (χ0n) is 25.3. The number of nitrogens with zero attached hydrogens (tertiary/aromatic N) is 5. The highest BCUT2D eigenvalue weighted by molar-refractivity contribution is 7.89. The summed E-state index contributed by atoms with van der Waals surface area (Å²) in [6, 6.07) is 23.3. The molecule has 6 aromatic rings. The number of thiazole rings is 1. The zero-order valence-corrected chi connectivity index (χ0v) is 26.9. The normalized spacial score (nSPS) is 12.3. The molecular formula is C32H30FN7O5S2. The van der Waals surface area contributed by atoms with E-state index in [0.717, 1.165) is 21.6 Å². The molecular weight excluding hydrogens is 646 g/mol. The maximum atomic E-state index is 15.1. The van der Waals surface area contributed by atoms with Crippen molar-refractivity contribution in [3.8, 4) is 34.0 Å². The highest BCUT2D eigenvalue weighted by Crippen LogP contribution is 2.43. The monoisotopic (exact) mass is 675 g/mol. The molecule has 1 atom stereocenters. The number of halogens is 1. The molecule has 0 aliphatic heterocycles. The van der Waals surface area contributed by atoms with Gasteiger partial charge in [-0.25, -0.2) is 22.9 Å². The van der Waals surface area contributed by atoms with Gasteiger partial charge in [-0.2, -0.15) is 4.80 Å². The lowest BCUT2D eigenvalue weighted by Gasteiger charge is -2.17. The number of primary sulfonamides is 1. The molecule has 0 spiro atoms. The van der Waals surface area contributed by atoms with Gasteiger partial charge < -0.3 is 19.9 Å². The number of nitrogens with two attached hydrogens (primary N) is 1. The summed E-state index contributed by atoms with van der Waals surface area (Å²) < 4.78 is 52.6. The van der Waals surface area contributed by atoms with Gasteiger partial charge in [0.2, 0.25) is 15.8 Å². The van der Waals surface area contributed by atoms with Crippen LogP contribution < -0.4 is 19.9 Å². The Labute approximate surface area is 273 Å². The largest absolute Gasteiger partial charge is 0.497 e. The van der Waals surface area contributed by atoms with Crippen LogP contribution in [0.1, 0.15) is 22.9 Å². The Morgan fingerprint density at radius 1 is 0.957 bits per heavy atom. The third-order valence-electron chi connectivity index (χ3n) is 7.44. The molecule has 0 saturated carbocycles. The minimum absolute atomic E-state index is 0.0460. The SMILES string of the molecule is COc1ccc(CNc2nc3c(-c4ccc(C(F)CO)c(S(N)(=O)=O)c4-c4nnn(Cc5ccc(OC)cc5)n4)cccc3s2)cc1. The summed E-state index contributed by atoms with van der Waals surface area (Å²) in [5.41, 5.74) is 2.98. The molecule has 0 fully saturated rings. The topological polar surface area (TPSA) is 167 Å². The van der Waals surface area contributed by atoms with Crippen molar-refractivity contribution in [1.82, 2.24) is 25.2 Å². The van der Waals surface area contributed by atoms with Crippen LogP contribution in [0.15, 0.2) is 83.8 Å². The van der Waals surface area contributed by atoms with Crippen LogP contribution in [0, 0.1) is 0 Å². The second kappa shape index (κ2) is 13.4. The zero-order chi connectivity index (χ0) is 33.1. The van der Waals surface area contributed by atoms with Gasteiger partial charge in [-0.1, -0.05) is 59.9 Å². The van der Waals surface area contributed by atoms with Gasteiger partial charge in [0.05, 0.1) is 48.0 Å². The van der Waals surface area contributed by atoms with Crippen molar-refractivity contribution in [2.75, 3.05) is 26.1 Å². The number of aliphatic hydroxyl groups excluding tert-OH is 1. The molecule has 0 aliphatic carbocycles. The summed E-state index contributed by atoms with van der Waals surface area (Å²) in [6.45, 7) is -0.233. The second-order valence-electron chi connectivity index (χ2n) is 10.5. The maximum absolute atomic E-state index is 15.1. The fourth-order valence-electron chi connectivity index (χ4n) is 5.16. The Kier molecular flexibility index (Phi) is 9.13.